The third kappa shape index (κ3) is 4.32. The summed E-state index contributed by atoms with van der Waals surface area (Å²) in [5.74, 6) is -0.367. The average molecular weight is 229 g/mol. The SMILES string of the molecule is COC(=O)COCCc1ccccc1Cl. The second-order valence-electron chi connectivity index (χ2n) is 2.97. The molecule has 0 aromatic heterocycles. The minimum Gasteiger partial charge on any atom is -0.467 e. The van der Waals surface area contributed by atoms with Crippen LogP contribution in [-0.2, 0) is 20.7 Å². The minimum absolute atomic E-state index is 0.0129. The Labute approximate surface area is 93.9 Å². The Hall–Kier alpha value is -1.06. The molecule has 0 N–H and O–H groups in total. The molecule has 0 saturated carbocycles. The zero-order chi connectivity index (χ0) is 11.1. The molecule has 82 valence electrons. The van der Waals surface area contributed by atoms with Crippen LogP contribution in [0.2, 0.25) is 5.02 Å². The van der Waals surface area contributed by atoms with Crippen LogP contribution in [0.4, 0.5) is 0 Å². The van der Waals surface area contributed by atoms with E-state index in [1.807, 2.05) is 24.3 Å². The van der Waals surface area contributed by atoms with Crippen molar-refractivity contribution in [2.24, 2.45) is 0 Å². The number of hydrogen-bond donors (Lipinski definition) is 0. The molecule has 1 aromatic rings. The van der Waals surface area contributed by atoms with Gasteiger partial charge in [0.1, 0.15) is 6.61 Å². The van der Waals surface area contributed by atoms with Crippen molar-refractivity contribution in [3.05, 3.63) is 34.9 Å². The number of carbonyl (C=O) groups is 1. The first-order valence-electron chi connectivity index (χ1n) is 4.62. The minimum atomic E-state index is -0.367. The molecule has 4 heteroatoms. The lowest BCUT2D eigenvalue weighted by molar-refractivity contribution is -0.145. The summed E-state index contributed by atoms with van der Waals surface area (Å²) in [4.78, 5) is 10.7. The molecule has 3 nitrogen and oxygen atoms in total. The first kappa shape index (κ1) is 12.0. The van der Waals surface area contributed by atoms with E-state index in [1.54, 1.807) is 0 Å². The molecule has 0 amide bonds. The van der Waals surface area contributed by atoms with Crippen molar-refractivity contribution in [3.63, 3.8) is 0 Å². The summed E-state index contributed by atoms with van der Waals surface area (Å²) in [7, 11) is 1.33. The highest BCUT2D eigenvalue weighted by molar-refractivity contribution is 6.31. The van der Waals surface area contributed by atoms with Crippen LogP contribution in [0, 0.1) is 0 Å². The maximum atomic E-state index is 10.7. The van der Waals surface area contributed by atoms with E-state index in [4.69, 9.17) is 16.3 Å². The van der Waals surface area contributed by atoms with Gasteiger partial charge in [0.25, 0.3) is 0 Å². The van der Waals surface area contributed by atoms with E-state index >= 15 is 0 Å². The molecule has 0 bridgehead atoms. The second kappa shape index (κ2) is 6.43. The van der Waals surface area contributed by atoms with Crippen molar-refractivity contribution < 1.29 is 14.3 Å². The van der Waals surface area contributed by atoms with E-state index in [0.29, 0.717) is 13.0 Å². The normalized spacial score (nSPS) is 10.0. The van der Waals surface area contributed by atoms with Crippen molar-refractivity contribution in [3.8, 4) is 0 Å². The van der Waals surface area contributed by atoms with E-state index in [1.165, 1.54) is 7.11 Å². The van der Waals surface area contributed by atoms with Crippen LogP contribution in [0.1, 0.15) is 5.56 Å². The van der Waals surface area contributed by atoms with Crippen LogP contribution in [0.15, 0.2) is 24.3 Å². The monoisotopic (exact) mass is 228 g/mol. The van der Waals surface area contributed by atoms with Gasteiger partial charge in [-0.25, -0.2) is 4.79 Å². The van der Waals surface area contributed by atoms with E-state index in [0.717, 1.165) is 10.6 Å². The Morgan fingerprint density at radius 3 is 2.80 bits per heavy atom. The average Bonchev–Trinajstić information content (AvgIpc) is 2.26. The Morgan fingerprint density at radius 1 is 1.40 bits per heavy atom. The number of carbonyl (C=O) groups excluding carboxylic acids is 1. The van der Waals surface area contributed by atoms with Crippen LogP contribution in [-0.4, -0.2) is 26.3 Å². The number of halogens is 1. The van der Waals surface area contributed by atoms with Gasteiger partial charge in [-0.3, -0.25) is 0 Å². The molecule has 0 unspecified atom stereocenters. The van der Waals surface area contributed by atoms with Gasteiger partial charge in [0, 0.05) is 5.02 Å². The number of ether oxygens (including phenoxy) is 2. The number of methoxy groups -OCH3 is 1. The molecule has 0 heterocycles. The molecule has 0 spiro atoms. The van der Waals surface area contributed by atoms with Gasteiger partial charge in [0.15, 0.2) is 0 Å². The highest BCUT2D eigenvalue weighted by atomic mass is 35.5. The van der Waals surface area contributed by atoms with Gasteiger partial charge in [-0.15, -0.1) is 0 Å². The predicted octanol–water partition coefficient (Wildman–Crippen LogP) is 2.07. The molecule has 0 fully saturated rings. The lowest BCUT2D eigenvalue weighted by atomic mass is 10.2. The maximum Gasteiger partial charge on any atom is 0.331 e. The van der Waals surface area contributed by atoms with Crippen LogP contribution < -0.4 is 0 Å². The lowest BCUT2D eigenvalue weighted by Gasteiger charge is -2.04. The summed E-state index contributed by atoms with van der Waals surface area (Å²) in [6, 6.07) is 7.56. The standard InChI is InChI=1S/C11H13ClO3/c1-14-11(13)8-15-7-6-9-4-2-3-5-10(9)12/h2-5H,6-8H2,1H3. The van der Waals surface area contributed by atoms with E-state index in [-0.39, 0.29) is 12.6 Å². The summed E-state index contributed by atoms with van der Waals surface area (Å²) >= 11 is 5.95. The molecule has 0 atom stereocenters. The highest BCUT2D eigenvalue weighted by Crippen LogP contribution is 2.15. The van der Waals surface area contributed by atoms with E-state index in [9.17, 15) is 4.79 Å². The number of esters is 1. The van der Waals surface area contributed by atoms with Gasteiger partial charge in [0.2, 0.25) is 0 Å². The first-order valence-corrected chi connectivity index (χ1v) is 5.00. The van der Waals surface area contributed by atoms with Crippen LogP contribution in [0.3, 0.4) is 0 Å². The molecular weight excluding hydrogens is 216 g/mol. The highest BCUT2D eigenvalue weighted by Gasteiger charge is 2.01. The fourth-order valence-corrected chi connectivity index (χ4v) is 1.33. The molecular formula is C11H13ClO3. The maximum absolute atomic E-state index is 10.7. The molecule has 0 aliphatic heterocycles. The lowest BCUT2D eigenvalue weighted by Crippen LogP contribution is -2.11. The smallest absolute Gasteiger partial charge is 0.331 e. The summed E-state index contributed by atoms with van der Waals surface area (Å²) in [5.41, 5.74) is 1.02. The molecule has 1 aromatic carbocycles. The summed E-state index contributed by atoms with van der Waals surface area (Å²) in [6.45, 7) is 0.444. The van der Waals surface area contributed by atoms with Gasteiger partial charge in [-0.2, -0.15) is 0 Å². The van der Waals surface area contributed by atoms with Crippen molar-refractivity contribution in [1.82, 2.24) is 0 Å². The molecule has 15 heavy (non-hydrogen) atoms. The van der Waals surface area contributed by atoms with Gasteiger partial charge in [-0.05, 0) is 18.1 Å². The van der Waals surface area contributed by atoms with Gasteiger partial charge < -0.3 is 9.47 Å². The molecule has 0 saturated heterocycles. The Bertz CT molecular complexity index is 325. The first-order chi connectivity index (χ1) is 7.24. The predicted molar refractivity (Wildman–Crippen MR) is 58.0 cm³/mol. The Balaban J connectivity index is 2.26. The zero-order valence-electron chi connectivity index (χ0n) is 8.53. The molecule has 0 aliphatic rings. The molecule has 1 rings (SSSR count). The van der Waals surface area contributed by atoms with Crippen molar-refractivity contribution in [2.45, 2.75) is 6.42 Å². The summed E-state index contributed by atoms with van der Waals surface area (Å²) < 4.78 is 9.55. The van der Waals surface area contributed by atoms with Gasteiger partial charge in [-0.1, -0.05) is 29.8 Å². The van der Waals surface area contributed by atoms with Crippen LogP contribution in [0.25, 0.3) is 0 Å². The van der Waals surface area contributed by atoms with Crippen LogP contribution in [0.5, 0.6) is 0 Å². The number of benzene rings is 1. The second-order valence-corrected chi connectivity index (χ2v) is 3.38. The third-order valence-electron chi connectivity index (χ3n) is 1.92. The molecule has 0 radical (unpaired) electrons. The largest absolute Gasteiger partial charge is 0.467 e. The Kier molecular flexibility index (Phi) is 5.15. The van der Waals surface area contributed by atoms with Crippen molar-refractivity contribution in [2.75, 3.05) is 20.3 Å². The summed E-state index contributed by atoms with van der Waals surface area (Å²) in [6.07, 6.45) is 0.691. The topological polar surface area (TPSA) is 35.5 Å². The summed E-state index contributed by atoms with van der Waals surface area (Å²) in [5, 5.41) is 0.721. The zero-order valence-corrected chi connectivity index (χ0v) is 9.29. The van der Waals surface area contributed by atoms with Crippen molar-refractivity contribution in [1.29, 1.82) is 0 Å². The Morgan fingerprint density at radius 2 is 2.13 bits per heavy atom. The van der Waals surface area contributed by atoms with E-state index < -0.39 is 0 Å². The number of hydrogen-bond acceptors (Lipinski definition) is 3. The van der Waals surface area contributed by atoms with Gasteiger partial charge >= 0.3 is 5.97 Å². The van der Waals surface area contributed by atoms with E-state index in [2.05, 4.69) is 4.74 Å². The van der Waals surface area contributed by atoms with Gasteiger partial charge in [0.05, 0.1) is 13.7 Å². The fraction of sp³-hybridized carbons (Fsp3) is 0.364. The fourth-order valence-electron chi connectivity index (χ4n) is 1.10. The molecule has 0 aliphatic carbocycles. The third-order valence-corrected chi connectivity index (χ3v) is 2.29. The van der Waals surface area contributed by atoms with Crippen LogP contribution >= 0.6 is 11.6 Å². The quantitative estimate of drug-likeness (QED) is 0.572. The van der Waals surface area contributed by atoms with Crippen molar-refractivity contribution >= 4 is 17.6 Å². The number of rotatable bonds is 5.